The average molecular weight is 332 g/mol. The summed E-state index contributed by atoms with van der Waals surface area (Å²) in [5, 5.41) is 2.95. The molecular weight excluding hydrogens is 312 g/mol. The third-order valence-electron chi connectivity index (χ3n) is 3.89. The van der Waals surface area contributed by atoms with Crippen LogP contribution in [0, 0.1) is 0 Å². The molecule has 1 amide bonds. The smallest absolute Gasteiger partial charge is 0.232 e. The van der Waals surface area contributed by atoms with Crippen molar-refractivity contribution >= 4 is 16.7 Å². The van der Waals surface area contributed by atoms with E-state index >= 15 is 0 Å². The molecule has 1 aliphatic rings. The number of aromatic nitrogens is 1. The third-order valence-corrected chi connectivity index (χ3v) is 5.10. The Hall–Kier alpha value is -1.95. The van der Waals surface area contributed by atoms with E-state index in [4.69, 9.17) is 4.42 Å². The molecule has 5 nitrogen and oxygen atoms in total. The van der Waals surface area contributed by atoms with Crippen molar-refractivity contribution in [3.8, 4) is 11.5 Å². The molecule has 0 saturated heterocycles. The van der Waals surface area contributed by atoms with E-state index in [0.29, 0.717) is 11.6 Å². The van der Waals surface area contributed by atoms with E-state index in [1.165, 1.54) is 6.26 Å². The first-order valence-corrected chi connectivity index (χ1v) is 9.33. The molecule has 0 radical (unpaired) electrons. The Bertz CT molecular complexity index is 678. The van der Waals surface area contributed by atoms with Gasteiger partial charge in [-0.3, -0.25) is 9.00 Å². The summed E-state index contributed by atoms with van der Waals surface area (Å²) >= 11 is 0. The van der Waals surface area contributed by atoms with Gasteiger partial charge in [-0.1, -0.05) is 31.0 Å². The van der Waals surface area contributed by atoms with Gasteiger partial charge in [0, 0.05) is 22.4 Å². The van der Waals surface area contributed by atoms with Crippen molar-refractivity contribution in [2.24, 2.45) is 0 Å². The van der Waals surface area contributed by atoms with Crippen LogP contribution in [-0.2, 0) is 21.3 Å². The molecule has 1 N–H and O–H groups in total. The van der Waals surface area contributed by atoms with Crippen LogP contribution in [0.1, 0.15) is 31.4 Å². The lowest BCUT2D eigenvalue weighted by Gasteiger charge is -2.11. The number of hydrogen-bond acceptors (Lipinski definition) is 4. The van der Waals surface area contributed by atoms with Crippen LogP contribution in [0.5, 0.6) is 0 Å². The van der Waals surface area contributed by atoms with Crippen molar-refractivity contribution in [2.75, 3.05) is 5.75 Å². The highest BCUT2D eigenvalue weighted by Crippen LogP contribution is 2.19. The lowest BCUT2D eigenvalue weighted by molar-refractivity contribution is -0.119. The predicted octanol–water partition coefficient (Wildman–Crippen LogP) is 2.65. The van der Waals surface area contributed by atoms with Crippen LogP contribution in [0.2, 0.25) is 0 Å². The van der Waals surface area contributed by atoms with Gasteiger partial charge >= 0.3 is 0 Å². The number of amides is 1. The zero-order valence-electron chi connectivity index (χ0n) is 12.9. The normalized spacial score (nSPS) is 16.3. The van der Waals surface area contributed by atoms with Crippen LogP contribution in [0.25, 0.3) is 11.5 Å². The number of carbonyl (C=O) groups excluding carboxylic acids is 1. The molecule has 3 rings (SSSR count). The number of benzene rings is 1. The van der Waals surface area contributed by atoms with Crippen LogP contribution < -0.4 is 5.32 Å². The van der Waals surface area contributed by atoms with Gasteiger partial charge in [0.05, 0.1) is 11.4 Å². The van der Waals surface area contributed by atoms with E-state index in [1.54, 1.807) is 0 Å². The van der Waals surface area contributed by atoms with Gasteiger partial charge in [-0.15, -0.1) is 0 Å². The Kier molecular flexibility index (Phi) is 5.23. The fourth-order valence-corrected chi connectivity index (χ4v) is 3.73. The standard InChI is InChI=1S/C17H20N2O3S/c20-16(18-14-8-4-5-9-14)12-23(21)11-15-10-22-17(19-15)13-6-2-1-3-7-13/h1-3,6-7,10,14H,4-5,8-9,11-12H2,(H,18,20). The zero-order valence-corrected chi connectivity index (χ0v) is 13.7. The van der Waals surface area contributed by atoms with Crippen molar-refractivity contribution in [3.63, 3.8) is 0 Å². The molecule has 0 aliphatic heterocycles. The summed E-state index contributed by atoms with van der Waals surface area (Å²) in [4.78, 5) is 16.2. The van der Waals surface area contributed by atoms with E-state index < -0.39 is 10.8 Å². The second-order valence-corrected chi connectivity index (χ2v) is 7.24. The van der Waals surface area contributed by atoms with E-state index in [1.807, 2.05) is 30.3 Å². The number of nitrogens with one attached hydrogen (secondary N) is 1. The Balaban J connectivity index is 1.52. The summed E-state index contributed by atoms with van der Waals surface area (Å²) in [6.45, 7) is 0. The summed E-state index contributed by atoms with van der Waals surface area (Å²) in [6.07, 6.45) is 5.89. The Morgan fingerprint density at radius 1 is 1.26 bits per heavy atom. The summed E-state index contributed by atoms with van der Waals surface area (Å²) in [5.74, 6) is 0.619. The van der Waals surface area contributed by atoms with Crippen molar-refractivity contribution < 1.29 is 13.4 Å². The van der Waals surface area contributed by atoms with Crippen LogP contribution in [-0.4, -0.2) is 26.9 Å². The molecule has 1 atom stereocenters. The van der Waals surface area contributed by atoms with Gasteiger partial charge < -0.3 is 9.73 Å². The first-order chi connectivity index (χ1) is 11.2. The van der Waals surface area contributed by atoms with E-state index in [9.17, 15) is 9.00 Å². The van der Waals surface area contributed by atoms with Gasteiger partial charge in [-0.25, -0.2) is 4.98 Å². The Labute approximate surface area is 138 Å². The molecule has 2 aromatic rings. The minimum atomic E-state index is -1.28. The number of oxazole rings is 1. The fraction of sp³-hybridized carbons (Fsp3) is 0.412. The summed E-state index contributed by atoms with van der Waals surface area (Å²) in [5.41, 5.74) is 1.49. The monoisotopic (exact) mass is 332 g/mol. The highest BCUT2D eigenvalue weighted by molar-refractivity contribution is 7.84. The molecular formula is C17H20N2O3S. The van der Waals surface area contributed by atoms with E-state index in [2.05, 4.69) is 10.3 Å². The molecule has 6 heteroatoms. The van der Waals surface area contributed by atoms with Crippen LogP contribution in [0.3, 0.4) is 0 Å². The Morgan fingerprint density at radius 3 is 2.74 bits per heavy atom. The van der Waals surface area contributed by atoms with E-state index in [-0.39, 0.29) is 23.5 Å². The van der Waals surface area contributed by atoms with Gasteiger partial charge in [0.15, 0.2) is 0 Å². The Morgan fingerprint density at radius 2 is 2.00 bits per heavy atom. The number of carbonyl (C=O) groups is 1. The lowest BCUT2D eigenvalue weighted by Crippen LogP contribution is -2.35. The SMILES string of the molecule is O=C(CS(=O)Cc1coc(-c2ccccc2)n1)NC1CCCC1. The summed E-state index contributed by atoms with van der Waals surface area (Å²) < 4.78 is 17.5. The minimum Gasteiger partial charge on any atom is -0.444 e. The highest BCUT2D eigenvalue weighted by Gasteiger charge is 2.19. The molecule has 1 heterocycles. The lowest BCUT2D eigenvalue weighted by atomic mass is 10.2. The number of nitrogens with zero attached hydrogens (tertiary/aromatic N) is 1. The van der Waals surface area contributed by atoms with Gasteiger partial charge in [-0.05, 0) is 25.0 Å². The van der Waals surface area contributed by atoms with Gasteiger partial charge in [0.2, 0.25) is 11.8 Å². The predicted molar refractivity (Wildman–Crippen MR) is 89.1 cm³/mol. The molecule has 23 heavy (non-hydrogen) atoms. The topological polar surface area (TPSA) is 72.2 Å². The molecule has 1 saturated carbocycles. The maximum atomic E-state index is 12.1. The molecule has 1 unspecified atom stereocenters. The number of rotatable bonds is 6. The first-order valence-electron chi connectivity index (χ1n) is 7.85. The first kappa shape index (κ1) is 15.9. The van der Waals surface area contributed by atoms with E-state index in [0.717, 1.165) is 31.2 Å². The molecule has 1 aromatic carbocycles. The zero-order chi connectivity index (χ0) is 16.1. The van der Waals surface area contributed by atoms with Crippen molar-refractivity contribution in [1.29, 1.82) is 0 Å². The van der Waals surface area contributed by atoms with Crippen LogP contribution in [0.4, 0.5) is 0 Å². The van der Waals surface area contributed by atoms with Crippen molar-refractivity contribution in [3.05, 3.63) is 42.3 Å². The maximum Gasteiger partial charge on any atom is 0.232 e. The molecule has 0 bridgehead atoms. The summed E-state index contributed by atoms with van der Waals surface area (Å²) in [7, 11) is -1.28. The molecule has 1 aromatic heterocycles. The maximum absolute atomic E-state index is 12.1. The summed E-state index contributed by atoms with van der Waals surface area (Å²) in [6, 6.07) is 9.81. The largest absolute Gasteiger partial charge is 0.444 e. The fourth-order valence-electron chi connectivity index (χ4n) is 2.79. The van der Waals surface area contributed by atoms with Crippen molar-refractivity contribution in [2.45, 2.75) is 37.5 Å². The van der Waals surface area contributed by atoms with Gasteiger partial charge in [0.1, 0.15) is 12.0 Å². The molecule has 122 valence electrons. The van der Waals surface area contributed by atoms with Crippen LogP contribution in [0.15, 0.2) is 41.0 Å². The molecule has 0 spiro atoms. The van der Waals surface area contributed by atoms with Crippen LogP contribution >= 0.6 is 0 Å². The highest BCUT2D eigenvalue weighted by atomic mass is 32.2. The second-order valence-electron chi connectivity index (χ2n) is 5.79. The van der Waals surface area contributed by atoms with Gasteiger partial charge in [0.25, 0.3) is 0 Å². The van der Waals surface area contributed by atoms with Gasteiger partial charge in [-0.2, -0.15) is 0 Å². The average Bonchev–Trinajstić information content (AvgIpc) is 3.20. The van der Waals surface area contributed by atoms with Crippen molar-refractivity contribution in [1.82, 2.24) is 10.3 Å². The number of hydrogen-bond donors (Lipinski definition) is 1. The quantitative estimate of drug-likeness (QED) is 0.883. The minimum absolute atomic E-state index is 0.0179. The second kappa shape index (κ2) is 7.55. The third kappa shape index (κ3) is 4.51. The molecule has 1 aliphatic carbocycles. The molecule has 1 fully saturated rings.